The van der Waals surface area contributed by atoms with Crippen LogP contribution in [0.4, 0.5) is 0 Å². The number of carbonyl (C=O) groups excluding carboxylic acids is 2. The predicted molar refractivity (Wildman–Crippen MR) is 91.1 cm³/mol. The van der Waals surface area contributed by atoms with Gasteiger partial charge in [0.2, 0.25) is 0 Å². The molecule has 1 aromatic carbocycles. The van der Waals surface area contributed by atoms with Gasteiger partial charge >= 0.3 is 5.97 Å². The van der Waals surface area contributed by atoms with Gasteiger partial charge in [0.15, 0.2) is 11.5 Å². The molecule has 0 bridgehead atoms. The van der Waals surface area contributed by atoms with E-state index in [1.54, 1.807) is 30.2 Å². The summed E-state index contributed by atoms with van der Waals surface area (Å²) in [6, 6.07) is 5.02. The summed E-state index contributed by atoms with van der Waals surface area (Å²) in [4.78, 5) is 26.0. The number of hydrogen-bond donors (Lipinski definition) is 0. The van der Waals surface area contributed by atoms with Crippen LogP contribution in [-0.4, -0.2) is 63.9 Å². The van der Waals surface area contributed by atoms with E-state index in [2.05, 4.69) is 4.74 Å². The van der Waals surface area contributed by atoms with Crippen molar-refractivity contribution in [3.63, 3.8) is 0 Å². The van der Waals surface area contributed by atoms with Crippen LogP contribution in [0.15, 0.2) is 18.2 Å². The molecule has 1 aliphatic heterocycles. The Morgan fingerprint density at radius 2 is 1.96 bits per heavy atom. The number of nitrogens with zero attached hydrogens (tertiary/aromatic N) is 1. The number of ether oxygens (including phenoxy) is 4. The van der Waals surface area contributed by atoms with Crippen molar-refractivity contribution in [2.45, 2.75) is 25.4 Å². The van der Waals surface area contributed by atoms with E-state index in [0.29, 0.717) is 30.2 Å². The third-order valence-electron chi connectivity index (χ3n) is 4.18. The minimum absolute atomic E-state index is 0.00161. The fourth-order valence-electron chi connectivity index (χ4n) is 2.79. The van der Waals surface area contributed by atoms with Crippen LogP contribution >= 0.6 is 0 Å². The van der Waals surface area contributed by atoms with E-state index in [1.165, 1.54) is 14.2 Å². The van der Waals surface area contributed by atoms with E-state index in [0.717, 1.165) is 12.8 Å². The second kappa shape index (κ2) is 9.27. The van der Waals surface area contributed by atoms with Gasteiger partial charge in [-0.3, -0.25) is 9.59 Å². The molecule has 2 rings (SSSR count). The van der Waals surface area contributed by atoms with Crippen LogP contribution in [0.3, 0.4) is 0 Å². The van der Waals surface area contributed by atoms with Crippen LogP contribution in [0.25, 0.3) is 0 Å². The summed E-state index contributed by atoms with van der Waals surface area (Å²) in [5.41, 5.74) is 0.473. The lowest BCUT2D eigenvalue weighted by Crippen LogP contribution is -2.38. The van der Waals surface area contributed by atoms with Crippen LogP contribution in [0, 0.1) is 0 Å². The summed E-state index contributed by atoms with van der Waals surface area (Å²) < 4.78 is 20.8. The largest absolute Gasteiger partial charge is 0.493 e. The van der Waals surface area contributed by atoms with Crippen LogP contribution < -0.4 is 9.47 Å². The predicted octanol–water partition coefficient (Wildman–Crippen LogP) is 1.89. The Morgan fingerprint density at radius 3 is 2.56 bits per heavy atom. The zero-order valence-corrected chi connectivity index (χ0v) is 14.9. The van der Waals surface area contributed by atoms with Crippen LogP contribution in [-0.2, 0) is 14.3 Å². The first-order valence-electron chi connectivity index (χ1n) is 8.28. The first-order valence-corrected chi connectivity index (χ1v) is 8.28. The molecule has 0 N–H and O–H groups in total. The summed E-state index contributed by atoms with van der Waals surface area (Å²) in [5.74, 6) is 0.510. The molecule has 0 radical (unpaired) electrons. The molecule has 7 heteroatoms. The van der Waals surface area contributed by atoms with Gasteiger partial charge in [-0.25, -0.2) is 0 Å². The highest BCUT2D eigenvalue weighted by Crippen LogP contribution is 2.28. The van der Waals surface area contributed by atoms with Crippen molar-refractivity contribution >= 4 is 11.9 Å². The molecule has 25 heavy (non-hydrogen) atoms. The molecule has 0 saturated carbocycles. The number of esters is 1. The van der Waals surface area contributed by atoms with E-state index in [9.17, 15) is 9.59 Å². The average molecular weight is 351 g/mol. The zero-order chi connectivity index (χ0) is 18.2. The Balaban J connectivity index is 2.15. The highest BCUT2D eigenvalue weighted by Gasteiger charge is 2.24. The lowest BCUT2D eigenvalue weighted by molar-refractivity contribution is -0.140. The van der Waals surface area contributed by atoms with Gasteiger partial charge in [0.05, 0.1) is 33.9 Å². The van der Waals surface area contributed by atoms with Crippen molar-refractivity contribution in [2.75, 3.05) is 41.0 Å². The minimum atomic E-state index is -0.350. The second-order valence-electron chi connectivity index (χ2n) is 5.78. The van der Waals surface area contributed by atoms with Gasteiger partial charge in [0.25, 0.3) is 5.91 Å². The molecule has 1 heterocycles. The average Bonchev–Trinajstić information content (AvgIpc) is 3.16. The van der Waals surface area contributed by atoms with Crippen LogP contribution in [0.5, 0.6) is 11.5 Å². The summed E-state index contributed by atoms with van der Waals surface area (Å²) in [7, 11) is 4.40. The van der Waals surface area contributed by atoms with E-state index < -0.39 is 0 Å². The van der Waals surface area contributed by atoms with Crippen LogP contribution in [0.1, 0.15) is 29.6 Å². The smallest absolute Gasteiger partial charge is 0.307 e. The summed E-state index contributed by atoms with van der Waals surface area (Å²) in [6.45, 7) is 1.43. The van der Waals surface area contributed by atoms with Crippen molar-refractivity contribution in [2.24, 2.45) is 0 Å². The van der Waals surface area contributed by atoms with Gasteiger partial charge in [0.1, 0.15) is 0 Å². The number of benzene rings is 1. The van der Waals surface area contributed by atoms with E-state index in [4.69, 9.17) is 14.2 Å². The van der Waals surface area contributed by atoms with Crippen LogP contribution in [0.2, 0.25) is 0 Å². The van der Waals surface area contributed by atoms with Crippen molar-refractivity contribution < 1.29 is 28.5 Å². The molecule has 0 aromatic heterocycles. The first kappa shape index (κ1) is 19.1. The number of rotatable bonds is 8. The van der Waals surface area contributed by atoms with E-state index in [1.807, 2.05) is 0 Å². The number of hydrogen-bond acceptors (Lipinski definition) is 6. The maximum atomic E-state index is 12.9. The number of methoxy groups -OCH3 is 3. The highest BCUT2D eigenvalue weighted by molar-refractivity contribution is 5.95. The van der Waals surface area contributed by atoms with Crippen molar-refractivity contribution in [1.82, 2.24) is 4.90 Å². The number of amides is 1. The lowest BCUT2D eigenvalue weighted by Gasteiger charge is -2.25. The van der Waals surface area contributed by atoms with Gasteiger partial charge in [-0.15, -0.1) is 0 Å². The molecular formula is C18H25NO6. The molecule has 7 nitrogen and oxygen atoms in total. The molecule has 1 fully saturated rings. The highest BCUT2D eigenvalue weighted by atomic mass is 16.5. The number of carbonyl (C=O) groups is 2. The Kier molecular flexibility index (Phi) is 7.06. The Morgan fingerprint density at radius 1 is 1.20 bits per heavy atom. The molecule has 138 valence electrons. The SMILES string of the molecule is COC(=O)CCN(CC1CCCO1)C(=O)c1ccc(OC)c(OC)c1. The Hall–Kier alpha value is -2.28. The maximum Gasteiger partial charge on any atom is 0.307 e. The quantitative estimate of drug-likeness (QED) is 0.666. The third kappa shape index (κ3) is 5.09. The fourth-order valence-corrected chi connectivity index (χ4v) is 2.79. The molecule has 1 aliphatic rings. The molecular weight excluding hydrogens is 326 g/mol. The first-order chi connectivity index (χ1) is 12.1. The molecule has 0 aliphatic carbocycles. The Bertz CT molecular complexity index is 597. The van der Waals surface area contributed by atoms with E-state index in [-0.39, 0.29) is 30.9 Å². The van der Waals surface area contributed by atoms with Gasteiger partial charge < -0.3 is 23.8 Å². The van der Waals surface area contributed by atoms with Crippen molar-refractivity contribution in [1.29, 1.82) is 0 Å². The fraction of sp³-hybridized carbons (Fsp3) is 0.556. The van der Waals surface area contributed by atoms with Gasteiger partial charge in [0, 0.05) is 25.3 Å². The topological polar surface area (TPSA) is 74.3 Å². The maximum absolute atomic E-state index is 12.9. The summed E-state index contributed by atoms with van der Waals surface area (Å²) in [6.07, 6.45) is 2.04. The van der Waals surface area contributed by atoms with Gasteiger partial charge in [-0.1, -0.05) is 0 Å². The van der Waals surface area contributed by atoms with Gasteiger partial charge in [-0.05, 0) is 31.0 Å². The minimum Gasteiger partial charge on any atom is -0.493 e. The van der Waals surface area contributed by atoms with Crippen molar-refractivity contribution in [3.05, 3.63) is 23.8 Å². The molecule has 1 unspecified atom stereocenters. The zero-order valence-electron chi connectivity index (χ0n) is 14.9. The molecule has 1 atom stereocenters. The van der Waals surface area contributed by atoms with Gasteiger partial charge in [-0.2, -0.15) is 0 Å². The lowest BCUT2D eigenvalue weighted by atomic mass is 10.1. The summed E-state index contributed by atoms with van der Waals surface area (Å²) in [5, 5.41) is 0. The monoisotopic (exact) mass is 351 g/mol. The molecule has 1 aromatic rings. The van der Waals surface area contributed by atoms with Crippen molar-refractivity contribution in [3.8, 4) is 11.5 Å². The molecule has 1 amide bonds. The normalized spacial score (nSPS) is 16.4. The third-order valence-corrected chi connectivity index (χ3v) is 4.18. The standard InChI is InChI=1S/C18H25NO6/c1-22-15-7-6-13(11-16(15)23-2)18(21)19(9-8-17(20)24-3)12-14-5-4-10-25-14/h6-7,11,14H,4-5,8-10,12H2,1-3H3. The second-order valence-corrected chi connectivity index (χ2v) is 5.78. The molecule has 1 saturated heterocycles. The molecule has 0 spiro atoms. The summed E-state index contributed by atoms with van der Waals surface area (Å²) >= 11 is 0. The van der Waals surface area contributed by atoms with E-state index >= 15 is 0 Å². The Labute approximate surface area is 147 Å².